The average molecular weight is 1420 g/mol. The molecular weight excluding hydrogens is 1310 g/mol. The third kappa shape index (κ3) is 111. The molecule has 28 nitrogen and oxygen atoms in total. The predicted molar refractivity (Wildman–Crippen MR) is 324 cm³/mol. The van der Waals surface area contributed by atoms with E-state index in [0.717, 1.165) is 77.0 Å². The number of rotatable bonds is 48. The van der Waals surface area contributed by atoms with Crippen molar-refractivity contribution in [2.75, 3.05) is 26.4 Å². The Kier molecular flexibility index (Phi) is 95.2. The van der Waals surface area contributed by atoms with Gasteiger partial charge in [-0.15, -0.1) is 0 Å². The summed E-state index contributed by atoms with van der Waals surface area (Å²) >= 11 is 0. The fourth-order valence-electron chi connectivity index (χ4n) is 5.59. The molecule has 93 heavy (non-hydrogen) atoms. The molecule has 0 atom stereocenters. The summed E-state index contributed by atoms with van der Waals surface area (Å²) in [6.45, 7) is 24.5. The van der Waals surface area contributed by atoms with Crippen molar-refractivity contribution in [2.24, 2.45) is 0 Å². The maximum Gasteiger partial charge on any atom is 4.00 e. The van der Waals surface area contributed by atoms with Gasteiger partial charge in [0.2, 0.25) is 0 Å². The summed E-state index contributed by atoms with van der Waals surface area (Å²) in [6.07, 6.45) is 13.7. The summed E-state index contributed by atoms with van der Waals surface area (Å²) < 4.78 is 0. The molecule has 29 heteroatoms. The van der Waals surface area contributed by atoms with Crippen LogP contribution in [-0.4, -0.2) is 120 Å². The van der Waals surface area contributed by atoms with Crippen molar-refractivity contribution in [3.8, 4) is 0 Å². The van der Waals surface area contributed by atoms with Crippen LogP contribution < -0.4 is 20.4 Å². The Morgan fingerprint density at radius 3 is 0.452 bits per heavy atom. The van der Waals surface area contributed by atoms with Crippen LogP contribution in [0.2, 0.25) is 0 Å². The molecule has 0 bridgehead atoms. The Bertz CT molecular complexity index is 1740. The first-order valence-corrected chi connectivity index (χ1v) is 31.7. The first-order chi connectivity index (χ1) is 43.5. The van der Waals surface area contributed by atoms with Crippen LogP contribution in [0.3, 0.4) is 0 Å². The quantitative estimate of drug-likeness (QED) is 0.0289. The normalized spacial score (nSPS) is 9.42. The van der Waals surface area contributed by atoms with Crippen LogP contribution in [0.4, 0.5) is 0 Å². The molecule has 0 radical (unpaired) electrons. The molecule has 0 fully saturated rings. The number of aliphatic carboxylic acids is 4. The minimum absolute atomic E-state index is 0. The van der Waals surface area contributed by atoms with E-state index in [4.69, 9.17) is 0 Å². The maximum atomic E-state index is 11.0. The van der Waals surface area contributed by atoms with Crippen molar-refractivity contribution in [1.82, 2.24) is 0 Å². The van der Waals surface area contributed by atoms with Gasteiger partial charge in [0.25, 0.3) is 0 Å². The number of carbonyl (C=O) groups is 16. The van der Waals surface area contributed by atoms with Gasteiger partial charge < -0.3 is 39.6 Å². The van der Waals surface area contributed by atoms with Gasteiger partial charge >= 0.3 is 50.1 Å². The fourth-order valence-corrected chi connectivity index (χ4v) is 5.59. The standard InChI is InChI=1S/4C10H18O4.4C6H10O3.Zr/c4*1-3-5-7-13-14-10(12)8-9(11)6-4-2;4*1-2-3-5(7)4-6(8)9;/h4*3-8H2,1-2H3;4*2-4H2,1H3,(H,8,9);/q;;;;;;;;+4/p-4. The van der Waals surface area contributed by atoms with Crippen molar-refractivity contribution < 1.29 is 162 Å². The van der Waals surface area contributed by atoms with Crippen LogP contribution in [-0.2, 0) is 142 Å². The zero-order valence-corrected chi connectivity index (χ0v) is 59.8. The predicted octanol–water partition coefficient (Wildman–Crippen LogP) is 6.06. The first-order valence-electron chi connectivity index (χ1n) is 31.7. The number of hydrogen-bond donors (Lipinski definition) is 0. The van der Waals surface area contributed by atoms with E-state index in [-0.39, 0.29) is 98.2 Å². The summed E-state index contributed by atoms with van der Waals surface area (Å²) in [5, 5.41) is 39.0. The second kappa shape index (κ2) is 83.9. The Morgan fingerprint density at radius 1 is 0.215 bits per heavy atom. The smallest absolute Gasteiger partial charge is 0.550 e. The Morgan fingerprint density at radius 2 is 0.344 bits per heavy atom. The Balaban J connectivity index is -0.000000125. The van der Waals surface area contributed by atoms with Crippen molar-refractivity contribution in [3.63, 3.8) is 0 Å². The third-order valence-electron chi connectivity index (χ3n) is 9.90. The molecule has 0 rings (SSSR count). The molecular formula is C64H108O28Zr. The fraction of sp³-hybridized carbons (Fsp3) is 0.750. The number of carbonyl (C=O) groups excluding carboxylic acids is 16. The van der Waals surface area contributed by atoms with E-state index < -0.39 is 73.4 Å². The number of Topliss-reactive ketones (excluding diaryl/α,β-unsaturated/α-hetero) is 8. The summed E-state index contributed by atoms with van der Waals surface area (Å²) in [4.78, 5) is 204. The molecule has 0 aromatic heterocycles. The van der Waals surface area contributed by atoms with E-state index in [0.29, 0.717) is 103 Å². The van der Waals surface area contributed by atoms with Crippen molar-refractivity contribution in [3.05, 3.63) is 0 Å². The SMILES string of the molecule is CCCC(=O)CC(=O)[O-].CCCC(=O)CC(=O)[O-].CCCC(=O)CC(=O)[O-].CCCC(=O)CC(=O)[O-].CCCCOOC(=O)CC(=O)CCC.CCCCOOC(=O)CC(=O)CCC.CCCCOOC(=O)CC(=O)CCC.CCCCOOC(=O)CC(=O)CCC.[Zr+4]. The molecule has 0 saturated carbocycles. The summed E-state index contributed by atoms with van der Waals surface area (Å²) in [7, 11) is 0. The van der Waals surface area contributed by atoms with Gasteiger partial charge in [-0.05, 0) is 77.0 Å². The molecule has 0 N–H and O–H groups in total. The molecule has 0 aromatic rings. The minimum Gasteiger partial charge on any atom is -0.550 e. The summed E-state index contributed by atoms with van der Waals surface area (Å²) in [5.41, 5.74) is 0. The number of carboxylic acids is 4. The first kappa shape index (κ1) is 106. The van der Waals surface area contributed by atoms with E-state index in [2.05, 4.69) is 39.1 Å². The van der Waals surface area contributed by atoms with Gasteiger partial charge in [0.1, 0.15) is 71.9 Å². The van der Waals surface area contributed by atoms with Gasteiger partial charge in [-0.3, -0.25) is 57.9 Å². The molecule has 0 spiro atoms. The van der Waals surface area contributed by atoms with Crippen molar-refractivity contribution in [1.29, 1.82) is 0 Å². The molecule has 0 unspecified atom stereocenters. The minimum atomic E-state index is -1.28. The topological polar surface area (TPSA) is 439 Å². The average Bonchev–Trinajstić information content (AvgIpc) is 3.65. The number of ketones is 8. The second-order valence-corrected chi connectivity index (χ2v) is 19.7. The van der Waals surface area contributed by atoms with E-state index in [1.807, 2.05) is 83.1 Å². The van der Waals surface area contributed by atoms with Crippen LogP contribution in [0.5, 0.6) is 0 Å². The van der Waals surface area contributed by atoms with Crippen LogP contribution >= 0.6 is 0 Å². The molecule has 0 aromatic carbocycles. The second-order valence-electron chi connectivity index (χ2n) is 19.7. The third-order valence-corrected chi connectivity index (χ3v) is 9.90. The largest absolute Gasteiger partial charge is 4.00 e. The van der Waals surface area contributed by atoms with Crippen molar-refractivity contribution >= 4 is 94.0 Å². The van der Waals surface area contributed by atoms with Crippen LogP contribution in [0.15, 0.2) is 0 Å². The van der Waals surface area contributed by atoms with Gasteiger partial charge in [0, 0.05) is 101 Å². The number of hydrogen-bond acceptors (Lipinski definition) is 28. The monoisotopic (exact) mass is 1410 g/mol. The molecule has 0 aliphatic heterocycles. The van der Waals surface area contributed by atoms with Crippen LogP contribution in [0, 0.1) is 0 Å². The van der Waals surface area contributed by atoms with Gasteiger partial charge in [0.05, 0.1) is 26.4 Å². The van der Waals surface area contributed by atoms with Crippen LogP contribution in [0.1, 0.15) is 289 Å². The Hall–Kier alpha value is -6.16. The van der Waals surface area contributed by atoms with E-state index >= 15 is 0 Å². The molecule has 0 amide bonds. The van der Waals surface area contributed by atoms with Gasteiger partial charge in [-0.1, -0.05) is 109 Å². The molecule has 0 aliphatic carbocycles. The van der Waals surface area contributed by atoms with Gasteiger partial charge in [0.15, 0.2) is 0 Å². The number of unbranched alkanes of at least 4 members (excludes halogenated alkanes) is 4. The van der Waals surface area contributed by atoms with E-state index in [1.165, 1.54) is 0 Å². The van der Waals surface area contributed by atoms with Gasteiger partial charge in [-0.25, -0.2) is 19.2 Å². The summed E-state index contributed by atoms with van der Waals surface area (Å²) in [6, 6.07) is 0. The molecule has 0 saturated heterocycles. The summed E-state index contributed by atoms with van der Waals surface area (Å²) in [5.74, 6) is -8.94. The molecule has 0 heterocycles. The van der Waals surface area contributed by atoms with Crippen LogP contribution in [0.25, 0.3) is 0 Å². The Labute approximate surface area is 568 Å². The number of carboxylic acid groups (broad SMARTS) is 4. The van der Waals surface area contributed by atoms with E-state index in [9.17, 15) is 97.1 Å². The molecule has 0 aliphatic rings. The van der Waals surface area contributed by atoms with Gasteiger partial charge in [-0.2, -0.15) is 19.6 Å². The zero-order valence-electron chi connectivity index (χ0n) is 57.4. The van der Waals surface area contributed by atoms with E-state index in [1.54, 1.807) is 0 Å². The van der Waals surface area contributed by atoms with Crippen molar-refractivity contribution in [2.45, 2.75) is 289 Å². The zero-order chi connectivity index (χ0) is 72.4. The maximum absolute atomic E-state index is 11.0. The molecule has 536 valence electrons.